The molecule has 0 radical (unpaired) electrons. The maximum absolute atomic E-state index is 13.4. The number of nitrogens with zero attached hydrogens (tertiary/aromatic N) is 4. The highest BCUT2D eigenvalue weighted by Gasteiger charge is 2.36. The van der Waals surface area contributed by atoms with Crippen molar-refractivity contribution >= 4 is 34.7 Å². The first kappa shape index (κ1) is 25.3. The molecule has 1 aliphatic rings. The molecule has 1 aliphatic heterocycles. The van der Waals surface area contributed by atoms with Gasteiger partial charge in [0.2, 0.25) is 17.8 Å². The van der Waals surface area contributed by atoms with Crippen LogP contribution < -0.4 is 20.5 Å². The Hall–Kier alpha value is -5.03. The van der Waals surface area contributed by atoms with Gasteiger partial charge in [-0.1, -0.05) is 42.5 Å². The van der Waals surface area contributed by atoms with Gasteiger partial charge in [-0.15, -0.1) is 11.3 Å². The number of H-pyrrole nitrogens is 1. The summed E-state index contributed by atoms with van der Waals surface area (Å²) in [4.78, 5) is 48.7. The second-order valence-electron chi connectivity index (χ2n) is 9.22. The summed E-state index contributed by atoms with van der Waals surface area (Å²) in [5.74, 6) is 0.0401. The SMILES string of the molecule is COc1cccc(N2CC(C(=O)Nc3cc(-c4cccs4)nn3-c3nc(-c4ccccc4)cc(=O)[nH]3)CC2=O)c1. The van der Waals surface area contributed by atoms with Gasteiger partial charge < -0.3 is 15.0 Å². The van der Waals surface area contributed by atoms with Crippen LogP contribution >= 0.6 is 11.3 Å². The topological polar surface area (TPSA) is 122 Å². The molecule has 2 aromatic carbocycles. The van der Waals surface area contributed by atoms with Crippen molar-refractivity contribution in [1.29, 1.82) is 0 Å². The maximum atomic E-state index is 13.4. The van der Waals surface area contributed by atoms with Gasteiger partial charge in [-0.2, -0.15) is 9.78 Å². The van der Waals surface area contributed by atoms with Crippen LogP contribution in [-0.2, 0) is 9.59 Å². The number of anilines is 2. The summed E-state index contributed by atoms with van der Waals surface area (Å²) < 4.78 is 6.69. The fourth-order valence-corrected chi connectivity index (χ4v) is 5.30. The first-order valence-electron chi connectivity index (χ1n) is 12.5. The van der Waals surface area contributed by atoms with Gasteiger partial charge >= 0.3 is 0 Å². The molecular formula is C29H24N6O4S. The van der Waals surface area contributed by atoms with Crippen molar-refractivity contribution in [3.05, 3.63) is 94.6 Å². The molecule has 0 spiro atoms. The number of carbonyl (C=O) groups excluding carboxylic acids is 2. The quantitative estimate of drug-likeness (QED) is 0.310. The van der Waals surface area contributed by atoms with Crippen LogP contribution in [0, 0.1) is 5.92 Å². The first-order valence-corrected chi connectivity index (χ1v) is 13.4. The molecule has 2 N–H and O–H groups in total. The standard InChI is InChI=1S/C29H24N6O4S/c1-39-21-10-5-9-20(14-21)34-17-19(13-27(34)37)28(38)31-25-15-23(24-11-6-12-40-24)33-35(25)29-30-22(16-26(36)32-29)18-7-3-2-4-8-18/h2-12,14-16,19H,13,17H2,1H3,(H,31,38)(H,30,32,36). The fraction of sp³-hybridized carbons (Fsp3) is 0.138. The number of carbonyl (C=O) groups is 2. The molecule has 2 amide bonds. The van der Waals surface area contributed by atoms with E-state index in [-0.39, 0.29) is 36.3 Å². The van der Waals surface area contributed by atoms with Crippen molar-refractivity contribution < 1.29 is 14.3 Å². The van der Waals surface area contributed by atoms with E-state index in [2.05, 4.69) is 20.4 Å². The van der Waals surface area contributed by atoms with Gasteiger partial charge in [0.1, 0.15) is 17.3 Å². The van der Waals surface area contributed by atoms with E-state index in [1.807, 2.05) is 53.9 Å². The third kappa shape index (κ3) is 5.02. The highest BCUT2D eigenvalue weighted by molar-refractivity contribution is 7.13. The van der Waals surface area contributed by atoms with Crippen molar-refractivity contribution in [3.63, 3.8) is 0 Å². The first-order chi connectivity index (χ1) is 19.5. The van der Waals surface area contributed by atoms with Crippen molar-refractivity contribution in [3.8, 4) is 33.5 Å². The smallest absolute Gasteiger partial charge is 0.252 e. The number of hydrogen-bond donors (Lipinski definition) is 2. The van der Waals surface area contributed by atoms with E-state index in [0.29, 0.717) is 28.6 Å². The normalized spacial score (nSPS) is 14.9. The lowest BCUT2D eigenvalue weighted by molar-refractivity contribution is -0.122. The Bertz CT molecular complexity index is 1750. The lowest BCUT2D eigenvalue weighted by Gasteiger charge is -2.17. The molecule has 1 saturated heterocycles. The molecular weight excluding hydrogens is 528 g/mol. The molecule has 1 fully saturated rings. The van der Waals surface area contributed by atoms with Gasteiger partial charge in [0.05, 0.1) is 23.6 Å². The van der Waals surface area contributed by atoms with E-state index in [0.717, 1.165) is 10.4 Å². The van der Waals surface area contributed by atoms with Crippen LogP contribution in [-0.4, -0.2) is 45.2 Å². The summed E-state index contributed by atoms with van der Waals surface area (Å²) in [5, 5.41) is 9.52. The van der Waals surface area contributed by atoms with Crippen molar-refractivity contribution in [2.75, 3.05) is 23.9 Å². The summed E-state index contributed by atoms with van der Waals surface area (Å²) >= 11 is 1.50. The number of nitrogens with one attached hydrogen (secondary N) is 2. The molecule has 11 heteroatoms. The number of hydrogen-bond acceptors (Lipinski definition) is 7. The minimum Gasteiger partial charge on any atom is -0.497 e. The minimum absolute atomic E-state index is 0.0630. The zero-order chi connectivity index (χ0) is 27.6. The number of methoxy groups -OCH3 is 1. The number of rotatable bonds is 7. The zero-order valence-corrected chi connectivity index (χ0v) is 22.2. The summed E-state index contributed by atoms with van der Waals surface area (Å²) in [5.41, 5.74) is 2.17. The number of thiophene rings is 1. The van der Waals surface area contributed by atoms with E-state index in [9.17, 15) is 14.4 Å². The van der Waals surface area contributed by atoms with Gasteiger partial charge in [0, 0.05) is 42.4 Å². The Morgan fingerprint density at radius 2 is 1.88 bits per heavy atom. The molecule has 200 valence electrons. The van der Waals surface area contributed by atoms with Crippen molar-refractivity contribution in [2.45, 2.75) is 6.42 Å². The van der Waals surface area contributed by atoms with Crippen LogP contribution in [0.15, 0.2) is 89.0 Å². The largest absolute Gasteiger partial charge is 0.497 e. The van der Waals surface area contributed by atoms with Gasteiger partial charge in [-0.25, -0.2) is 4.98 Å². The molecule has 5 aromatic rings. The Labute approximate surface area is 232 Å². The molecule has 10 nitrogen and oxygen atoms in total. The third-order valence-electron chi connectivity index (χ3n) is 6.59. The zero-order valence-electron chi connectivity index (χ0n) is 21.4. The van der Waals surface area contributed by atoms with Crippen molar-refractivity contribution in [2.24, 2.45) is 5.92 Å². The molecule has 1 atom stereocenters. The fourth-order valence-electron chi connectivity index (χ4n) is 4.62. The van der Waals surface area contributed by atoms with E-state index >= 15 is 0 Å². The average Bonchev–Trinajstić information content (AvgIpc) is 3.73. The maximum Gasteiger partial charge on any atom is 0.252 e. The molecule has 40 heavy (non-hydrogen) atoms. The summed E-state index contributed by atoms with van der Waals surface area (Å²) in [7, 11) is 1.56. The highest BCUT2D eigenvalue weighted by Crippen LogP contribution is 2.31. The second kappa shape index (κ2) is 10.6. The van der Waals surface area contributed by atoms with Crippen LogP contribution in [0.25, 0.3) is 27.8 Å². The number of aromatic nitrogens is 4. The Balaban J connectivity index is 1.32. The summed E-state index contributed by atoms with van der Waals surface area (Å²) in [6.45, 7) is 0.225. The van der Waals surface area contributed by atoms with E-state index in [1.54, 1.807) is 36.3 Å². The number of benzene rings is 2. The number of ether oxygens (including phenoxy) is 1. The van der Waals surface area contributed by atoms with Crippen LogP contribution in [0.2, 0.25) is 0 Å². The predicted molar refractivity (Wildman–Crippen MR) is 153 cm³/mol. The second-order valence-corrected chi connectivity index (χ2v) is 10.2. The van der Waals surface area contributed by atoms with Crippen molar-refractivity contribution in [1.82, 2.24) is 19.7 Å². The summed E-state index contributed by atoms with van der Waals surface area (Å²) in [6, 6.07) is 23.5. The molecule has 4 heterocycles. The molecule has 3 aromatic heterocycles. The van der Waals surface area contributed by atoms with Crippen LogP contribution in [0.4, 0.5) is 11.5 Å². The van der Waals surface area contributed by atoms with Gasteiger partial charge in [-0.05, 0) is 23.6 Å². The van der Waals surface area contributed by atoms with E-state index in [4.69, 9.17) is 4.74 Å². The van der Waals surface area contributed by atoms with Gasteiger partial charge in [0.15, 0.2) is 0 Å². The molecule has 1 unspecified atom stereocenters. The van der Waals surface area contributed by atoms with E-state index in [1.165, 1.54) is 22.1 Å². The highest BCUT2D eigenvalue weighted by atomic mass is 32.1. The predicted octanol–water partition coefficient (Wildman–Crippen LogP) is 4.35. The summed E-state index contributed by atoms with van der Waals surface area (Å²) in [6.07, 6.45) is 0.0630. The third-order valence-corrected chi connectivity index (χ3v) is 7.49. The monoisotopic (exact) mass is 552 g/mol. The van der Waals surface area contributed by atoms with E-state index < -0.39 is 5.92 Å². The Morgan fingerprint density at radius 3 is 2.65 bits per heavy atom. The number of aromatic amines is 1. The number of amides is 2. The Kier molecular flexibility index (Phi) is 6.71. The lowest BCUT2D eigenvalue weighted by atomic mass is 10.1. The van der Waals surface area contributed by atoms with Gasteiger partial charge in [0.25, 0.3) is 5.56 Å². The molecule has 0 bridgehead atoms. The molecule has 0 aliphatic carbocycles. The average molecular weight is 553 g/mol. The minimum atomic E-state index is -0.588. The molecule has 0 saturated carbocycles. The van der Waals surface area contributed by atoms with Crippen LogP contribution in [0.3, 0.4) is 0 Å². The lowest BCUT2D eigenvalue weighted by Crippen LogP contribution is -2.28. The molecule has 6 rings (SSSR count). The van der Waals surface area contributed by atoms with Crippen LogP contribution in [0.5, 0.6) is 5.75 Å². The Morgan fingerprint density at radius 1 is 1.02 bits per heavy atom. The van der Waals surface area contributed by atoms with Gasteiger partial charge in [-0.3, -0.25) is 19.4 Å². The van der Waals surface area contributed by atoms with Crippen LogP contribution in [0.1, 0.15) is 6.42 Å².